The highest BCUT2D eigenvalue weighted by molar-refractivity contribution is 6.30. The molecule has 1 N–H and O–H groups in total. The molecule has 0 saturated heterocycles. The summed E-state index contributed by atoms with van der Waals surface area (Å²) >= 11 is 5.91. The Morgan fingerprint density at radius 3 is 2.56 bits per heavy atom. The normalized spacial score (nSPS) is 10.8. The highest BCUT2D eigenvalue weighted by Crippen LogP contribution is 2.27. The lowest BCUT2D eigenvalue weighted by Crippen LogP contribution is -2.14. The second kappa shape index (κ2) is 8.22. The van der Waals surface area contributed by atoms with Crippen molar-refractivity contribution in [1.29, 1.82) is 5.26 Å². The summed E-state index contributed by atoms with van der Waals surface area (Å²) in [5, 5.41) is 12.6. The van der Waals surface area contributed by atoms with Crippen LogP contribution in [0.5, 0.6) is 11.5 Å². The molecule has 128 valence electrons. The first-order valence-corrected chi connectivity index (χ1v) is 7.77. The Morgan fingerprint density at radius 2 is 1.96 bits per heavy atom. The average molecular weight is 357 g/mol. The molecule has 6 heteroatoms. The van der Waals surface area contributed by atoms with Crippen molar-refractivity contribution in [2.75, 3.05) is 19.5 Å². The minimum absolute atomic E-state index is 0.0437. The Morgan fingerprint density at radius 1 is 1.20 bits per heavy atom. The van der Waals surface area contributed by atoms with Gasteiger partial charge in [-0.2, -0.15) is 5.26 Å². The summed E-state index contributed by atoms with van der Waals surface area (Å²) in [6, 6.07) is 12.1. The maximum atomic E-state index is 12.4. The van der Waals surface area contributed by atoms with E-state index in [-0.39, 0.29) is 5.57 Å². The van der Waals surface area contributed by atoms with Crippen LogP contribution in [-0.2, 0) is 4.79 Å². The molecule has 1 amide bonds. The number of amides is 1. The van der Waals surface area contributed by atoms with E-state index >= 15 is 0 Å². The van der Waals surface area contributed by atoms with Gasteiger partial charge in [-0.15, -0.1) is 0 Å². The third-order valence-electron chi connectivity index (χ3n) is 3.54. The third-order valence-corrected chi connectivity index (χ3v) is 3.78. The minimum Gasteiger partial charge on any atom is -0.497 e. The van der Waals surface area contributed by atoms with Crippen LogP contribution in [0, 0.1) is 18.3 Å². The van der Waals surface area contributed by atoms with Crippen molar-refractivity contribution in [3.05, 3.63) is 58.1 Å². The first-order valence-electron chi connectivity index (χ1n) is 7.39. The summed E-state index contributed by atoms with van der Waals surface area (Å²) in [4.78, 5) is 12.4. The number of aryl methyl sites for hydroxylation is 1. The standard InChI is InChI=1S/C19H17ClN2O3/c1-12-8-15(20)5-7-17(12)22-19(23)14(11-21)9-13-4-6-16(24-2)10-18(13)25-3/h4-10H,1-3H3,(H,22,23)/b14-9+. The quantitative estimate of drug-likeness (QED) is 0.643. The van der Waals surface area contributed by atoms with Gasteiger partial charge in [0.25, 0.3) is 5.91 Å². The van der Waals surface area contributed by atoms with Crippen LogP contribution in [0.15, 0.2) is 42.0 Å². The van der Waals surface area contributed by atoms with Crippen LogP contribution in [0.1, 0.15) is 11.1 Å². The number of rotatable bonds is 5. The van der Waals surface area contributed by atoms with Gasteiger partial charge in [0.2, 0.25) is 0 Å². The molecule has 0 aliphatic rings. The summed E-state index contributed by atoms with van der Waals surface area (Å²) in [6.45, 7) is 1.82. The van der Waals surface area contributed by atoms with E-state index < -0.39 is 5.91 Å². The van der Waals surface area contributed by atoms with Gasteiger partial charge < -0.3 is 14.8 Å². The predicted octanol–water partition coefficient (Wildman–Crippen LogP) is 4.21. The molecule has 0 heterocycles. The van der Waals surface area contributed by atoms with E-state index in [4.69, 9.17) is 21.1 Å². The number of nitrogens with one attached hydrogen (secondary N) is 1. The van der Waals surface area contributed by atoms with Crippen LogP contribution in [0.25, 0.3) is 6.08 Å². The van der Waals surface area contributed by atoms with Crippen molar-refractivity contribution in [3.63, 3.8) is 0 Å². The maximum Gasteiger partial charge on any atom is 0.266 e. The fraction of sp³-hybridized carbons (Fsp3) is 0.158. The number of hydrogen-bond donors (Lipinski definition) is 1. The molecule has 2 aromatic carbocycles. The van der Waals surface area contributed by atoms with Gasteiger partial charge in [-0.05, 0) is 48.9 Å². The Hall–Kier alpha value is -2.97. The zero-order chi connectivity index (χ0) is 18.4. The number of benzene rings is 2. The fourth-order valence-electron chi connectivity index (χ4n) is 2.20. The van der Waals surface area contributed by atoms with Gasteiger partial charge in [0.05, 0.1) is 14.2 Å². The Kier molecular flexibility index (Phi) is 6.04. The highest BCUT2D eigenvalue weighted by Gasteiger charge is 2.13. The van der Waals surface area contributed by atoms with E-state index in [0.29, 0.717) is 27.8 Å². The molecule has 0 aliphatic heterocycles. The van der Waals surface area contributed by atoms with Gasteiger partial charge >= 0.3 is 0 Å². The van der Waals surface area contributed by atoms with E-state index in [2.05, 4.69) is 5.32 Å². The Balaban J connectivity index is 2.31. The van der Waals surface area contributed by atoms with E-state index in [9.17, 15) is 10.1 Å². The first-order chi connectivity index (χ1) is 12.0. The first kappa shape index (κ1) is 18.4. The van der Waals surface area contributed by atoms with E-state index in [0.717, 1.165) is 5.56 Å². The monoisotopic (exact) mass is 356 g/mol. The van der Waals surface area contributed by atoms with E-state index in [1.54, 1.807) is 43.5 Å². The molecule has 0 atom stereocenters. The maximum absolute atomic E-state index is 12.4. The van der Waals surface area contributed by atoms with Crippen LogP contribution >= 0.6 is 11.6 Å². The zero-order valence-electron chi connectivity index (χ0n) is 14.1. The van der Waals surface area contributed by atoms with Crippen LogP contribution in [0.4, 0.5) is 5.69 Å². The number of halogens is 1. The molecule has 0 bridgehead atoms. The van der Waals surface area contributed by atoms with E-state index in [1.165, 1.54) is 13.2 Å². The topological polar surface area (TPSA) is 71.3 Å². The van der Waals surface area contributed by atoms with Gasteiger partial charge in [-0.1, -0.05) is 11.6 Å². The van der Waals surface area contributed by atoms with Gasteiger partial charge in [-0.3, -0.25) is 4.79 Å². The molecule has 0 aromatic heterocycles. The average Bonchev–Trinajstić information content (AvgIpc) is 2.61. The predicted molar refractivity (Wildman–Crippen MR) is 98.0 cm³/mol. The molecule has 0 fully saturated rings. The van der Waals surface area contributed by atoms with Crippen LogP contribution in [0.2, 0.25) is 5.02 Å². The van der Waals surface area contributed by atoms with Crippen molar-refractivity contribution < 1.29 is 14.3 Å². The van der Waals surface area contributed by atoms with Gasteiger partial charge in [0, 0.05) is 22.3 Å². The molecule has 2 rings (SSSR count). The van der Waals surface area contributed by atoms with Crippen molar-refractivity contribution in [1.82, 2.24) is 0 Å². The second-order valence-corrected chi connectivity index (χ2v) is 5.63. The molecule has 5 nitrogen and oxygen atoms in total. The molecule has 0 aliphatic carbocycles. The van der Waals surface area contributed by atoms with Crippen molar-refractivity contribution in [3.8, 4) is 17.6 Å². The SMILES string of the molecule is COc1ccc(/C=C(\C#N)C(=O)Nc2ccc(Cl)cc2C)c(OC)c1. The number of nitriles is 1. The van der Waals surface area contributed by atoms with E-state index in [1.807, 2.05) is 13.0 Å². The van der Waals surface area contributed by atoms with Crippen LogP contribution in [-0.4, -0.2) is 20.1 Å². The van der Waals surface area contributed by atoms with Crippen molar-refractivity contribution in [2.24, 2.45) is 0 Å². The summed E-state index contributed by atoms with van der Waals surface area (Å²) in [7, 11) is 3.06. The number of nitrogens with zero attached hydrogens (tertiary/aromatic N) is 1. The number of carbonyl (C=O) groups excluding carboxylic acids is 1. The Labute approximate surface area is 151 Å². The van der Waals surface area contributed by atoms with Crippen LogP contribution < -0.4 is 14.8 Å². The smallest absolute Gasteiger partial charge is 0.266 e. The van der Waals surface area contributed by atoms with Crippen molar-refractivity contribution >= 4 is 29.3 Å². The second-order valence-electron chi connectivity index (χ2n) is 5.19. The summed E-state index contributed by atoms with van der Waals surface area (Å²) < 4.78 is 10.4. The molecule has 2 aromatic rings. The number of ether oxygens (including phenoxy) is 2. The molecule has 0 radical (unpaired) electrons. The third kappa shape index (κ3) is 4.52. The molecule has 0 spiro atoms. The number of anilines is 1. The number of carbonyl (C=O) groups is 1. The highest BCUT2D eigenvalue weighted by atomic mass is 35.5. The molecule has 25 heavy (non-hydrogen) atoms. The molecule has 0 saturated carbocycles. The van der Waals surface area contributed by atoms with Gasteiger partial charge in [0.15, 0.2) is 0 Å². The van der Waals surface area contributed by atoms with Gasteiger partial charge in [0.1, 0.15) is 23.1 Å². The fourth-order valence-corrected chi connectivity index (χ4v) is 2.43. The molecular weight excluding hydrogens is 340 g/mol. The minimum atomic E-state index is -0.509. The lowest BCUT2D eigenvalue weighted by Gasteiger charge is -2.10. The molecule has 0 unspecified atom stereocenters. The Bertz CT molecular complexity index is 869. The van der Waals surface area contributed by atoms with Gasteiger partial charge in [-0.25, -0.2) is 0 Å². The lowest BCUT2D eigenvalue weighted by molar-refractivity contribution is -0.112. The zero-order valence-corrected chi connectivity index (χ0v) is 14.8. The number of methoxy groups -OCH3 is 2. The largest absolute Gasteiger partial charge is 0.497 e. The summed E-state index contributed by atoms with van der Waals surface area (Å²) in [5.74, 6) is 0.613. The van der Waals surface area contributed by atoms with Crippen molar-refractivity contribution in [2.45, 2.75) is 6.92 Å². The summed E-state index contributed by atoms with van der Waals surface area (Å²) in [6.07, 6.45) is 1.47. The molecular formula is C19H17ClN2O3. The van der Waals surface area contributed by atoms with Crippen LogP contribution in [0.3, 0.4) is 0 Å². The number of hydrogen-bond acceptors (Lipinski definition) is 4. The summed E-state index contributed by atoms with van der Waals surface area (Å²) in [5.41, 5.74) is 1.96. The lowest BCUT2D eigenvalue weighted by atomic mass is 10.1.